The van der Waals surface area contributed by atoms with E-state index in [1.54, 1.807) is 4.90 Å². The number of carbonyl (C=O) groups excluding carboxylic acids is 1. The standard InChI is InChI=1S/C14H18N4O/c1-3-13-16-10-8-9(15)4-5-11(10)18(13)12-6-7-17(2)14(12)19/h4-5,8,12H,3,6-7,15H2,1-2H3. The second-order valence-electron chi connectivity index (χ2n) is 5.06. The second-order valence-corrected chi connectivity index (χ2v) is 5.06. The molecule has 0 aliphatic carbocycles. The summed E-state index contributed by atoms with van der Waals surface area (Å²) in [5, 5.41) is 0. The lowest BCUT2D eigenvalue weighted by atomic mass is 10.2. The van der Waals surface area contributed by atoms with Crippen molar-refractivity contribution in [2.75, 3.05) is 19.3 Å². The summed E-state index contributed by atoms with van der Waals surface area (Å²) in [4.78, 5) is 18.6. The van der Waals surface area contributed by atoms with Crippen LogP contribution in [0.5, 0.6) is 0 Å². The van der Waals surface area contributed by atoms with Gasteiger partial charge in [0, 0.05) is 25.7 Å². The van der Waals surface area contributed by atoms with Crippen molar-refractivity contribution in [3.63, 3.8) is 0 Å². The molecule has 0 spiro atoms. The molecule has 0 radical (unpaired) electrons. The van der Waals surface area contributed by atoms with Gasteiger partial charge in [-0.25, -0.2) is 4.98 Å². The van der Waals surface area contributed by atoms with Gasteiger partial charge in [-0.2, -0.15) is 0 Å². The highest BCUT2D eigenvalue weighted by Crippen LogP contribution is 2.29. The van der Waals surface area contributed by atoms with Crippen molar-refractivity contribution >= 4 is 22.6 Å². The van der Waals surface area contributed by atoms with Crippen LogP contribution in [0.25, 0.3) is 11.0 Å². The van der Waals surface area contributed by atoms with Crippen molar-refractivity contribution in [2.45, 2.75) is 25.8 Å². The third kappa shape index (κ3) is 1.77. The van der Waals surface area contributed by atoms with Gasteiger partial charge in [0.05, 0.1) is 11.0 Å². The maximum Gasteiger partial charge on any atom is 0.245 e. The number of likely N-dealkylation sites (tertiary alicyclic amines) is 1. The highest BCUT2D eigenvalue weighted by atomic mass is 16.2. The van der Waals surface area contributed by atoms with E-state index in [9.17, 15) is 4.79 Å². The average molecular weight is 258 g/mol. The number of aromatic nitrogens is 2. The van der Waals surface area contributed by atoms with Crippen LogP contribution in [0, 0.1) is 0 Å². The van der Waals surface area contributed by atoms with E-state index in [1.165, 1.54) is 0 Å². The highest BCUT2D eigenvalue weighted by Gasteiger charge is 2.32. The Morgan fingerprint density at radius 1 is 1.47 bits per heavy atom. The van der Waals surface area contributed by atoms with E-state index in [2.05, 4.69) is 16.5 Å². The number of aryl methyl sites for hydroxylation is 1. The Kier molecular flexibility index (Phi) is 2.69. The van der Waals surface area contributed by atoms with Gasteiger partial charge in [-0.1, -0.05) is 6.92 Å². The number of nitrogens with two attached hydrogens (primary N) is 1. The van der Waals surface area contributed by atoms with Crippen LogP contribution in [-0.2, 0) is 11.2 Å². The molecule has 0 bridgehead atoms. The summed E-state index contributed by atoms with van der Waals surface area (Å²) in [7, 11) is 1.85. The lowest BCUT2D eigenvalue weighted by Crippen LogP contribution is -2.25. The van der Waals surface area contributed by atoms with Crippen LogP contribution in [-0.4, -0.2) is 34.0 Å². The number of imidazole rings is 1. The first kappa shape index (κ1) is 12.0. The third-order valence-corrected chi connectivity index (χ3v) is 3.81. The van der Waals surface area contributed by atoms with E-state index in [-0.39, 0.29) is 11.9 Å². The van der Waals surface area contributed by atoms with E-state index in [1.807, 2.05) is 25.2 Å². The molecular weight excluding hydrogens is 240 g/mol. The van der Waals surface area contributed by atoms with Gasteiger partial charge in [0.25, 0.3) is 0 Å². The Labute approximate surface area is 112 Å². The third-order valence-electron chi connectivity index (χ3n) is 3.81. The molecule has 2 heterocycles. The number of hydrogen-bond acceptors (Lipinski definition) is 3. The summed E-state index contributed by atoms with van der Waals surface area (Å²) in [5.74, 6) is 1.13. The number of nitrogen functional groups attached to an aromatic ring is 1. The van der Waals surface area contributed by atoms with Crippen LogP contribution in [0.3, 0.4) is 0 Å². The van der Waals surface area contributed by atoms with Gasteiger partial charge in [0.1, 0.15) is 11.9 Å². The first-order valence-electron chi connectivity index (χ1n) is 6.63. The molecule has 1 fully saturated rings. The summed E-state index contributed by atoms with van der Waals surface area (Å²) in [6, 6.07) is 5.58. The first-order valence-corrected chi connectivity index (χ1v) is 6.63. The molecule has 1 aliphatic rings. The van der Waals surface area contributed by atoms with Gasteiger partial charge in [0.2, 0.25) is 5.91 Å². The molecule has 2 aromatic rings. The fraction of sp³-hybridized carbons (Fsp3) is 0.429. The lowest BCUT2D eigenvalue weighted by Gasteiger charge is -2.15. The summed E-state index contributed by atoms with van der Waals surface area (Å²) in [6.07, 6.45) is 1.65. The Morgan fingerprint density at radius 2 is 2.26 bits per heavy atom. The minimum absolute atomic E-state index is 0.117. The van der Waals surface area contributed by atoms with Crippen LogP contribution in [0.15, 0.2) is 18.2 Å². The highest BCUT2D eigenvalue weighted by molar-refractivity contribution is 5.86. The topological polar surface area (TPSA) is 64.2 Å². The molecule has 1 unspecified atom stereocenters. The van der Waals surface area contributed by atoms with Crippen LogP contribution >= 0.6 is 0 Å². The Bertz CT molecular complexity index is 646. The molecule has 1 aromatic carbocycles. The first-order chi connectivity index (χ1) is 9.11. The van der Waals surface area contributed by atoms with Gasteiger partial charge in [-0.15, -0.1) is 0 Å². The number of hydrogen-bond donors (Lipinski definition) is 1. The average Bonchev–Trinajstić information content (AvgIpc) is 2.90. The molecule has 1 aromatic heterocycles. The smallest absolute Gasteiger partial charge is 0.245 e. The van der Waals surface area contributed by atoms with E-state index < -0.39 is 0 Å². The van der Waals surface area contributed by atoms with E-state index >= 15 is 0 Å². The van der Waals surface area contributed by atoms with Gasteiger partial charge < -0.3 is 15.2 Å². The molecule has 5 heteroatoms. The molecular formula is C14H18N4O. The molecule has 19 heavy (non-hydrogen) atoms. The zero-order valence-corrected chi connectivity index (χ0v) is 11.3. The fourth-order valence-corrected chi connectivity index (χ4v) is 2.81. The largest absolute Gasteiger partial charge is 0.399 e. The number of fused-ring (bicyclic) bond motifs is 1. The molecule has 1 saturated heterocycles. The second kappa shape index (κ2) is 4.26. The normalized spacial score (nSPS) is 19.6. The summed E-state index contributed by atoms with van der Waals surface area (Å²) >= 11 is 0. The van der Waals surface area contributed by atoms with Crippen molar-refractivity contribution in [2.24, 2.45) is 0 Å². The van der Waals surface area contributed by atoms with E-state index in [0.29, 0.717) is 5.69 Å². The van der Waals surface area contributed by atoms with Crippen molar-refractivity contribution in [3.8, 4) is 0 Å². The predicted octanol–water partition coefficient (Wildman–Crippen LogP) is 1.58. The predicted molar refractivity (Wildman–Crippen MR) is 74.8 cm³/mol. The van der Waals surface area contributed by atoms with Gasteiger partial charge in [-0.3, -0.25) is 4.79 Å². The number of anilines is 1. The monoisotopic (exact) mass is 258 g/mol. The van der Waals surface area contributed by atoms with Crippen LogP contribution < -0.4 is 5.73 Å². The van der Waals surface area contributed by atoms with E-state index in [4.69, 9.17) is 5.73 Å². The quantitative estimate of drug-likeness (QED) is 0.832. The van der Waals surface area contributed by atoms with Gasteiger partial charge >= 0.3 is 0 Å². The summed E-state index contributed by atoms with van der Waals surface area (Å²) in [5.41, 5.74) is 8.38. The number of benzene rings is 1. The molecule has 100 valence electrons. The molecule has 1 aliphatic heterocycles. The Balaban J connectivity index is 2.19. The van der Waals surface area contributed by atoms with Crippen molar-refractivity contribution in [1.29, 1.82) is 0 Å². The van der Waals surface area contributed by atoms with Crippen molar-refractivity contribution in [3.05, 3.63) is 24.0 Å². The number of carbonyl (C=O) groups is 1. The SMILES string of the molecule is CCc1nc2cc(N)ccc2n1C1CCN(C)C1=O. The molecule has 5 nitrogen and oxygen atoms in total. The molecule has 2 N–H and O–H groups in total. The zero-order chi connectivity index (χ0) is 13.6. The van der Waals surface area contributed by atoms with Crippen LogP contribution in [0.1, 0.15) is 25.2 Å². The Hall–Kier alpha value is -2.04. The Morgan fingerprint density at radius 3 is 2.89 bits per heavy atom. The maximum atomic E-state index is 12.2. The number of likely N-dealkylation sites (N-methyl/N-ethyl adjacent to an activating group) is 1. The van der Waals surface area contributed by atoms with Crippen LogP contribution in [0.2, 0.25) is 0 Å². The number of nitrogens with zero attached hydrogens (tertiary/aromatic N) is 3. The summed E-state index contributed by atoms with van der Waals surface area (Å²) < 4.78 is 2.08. The van der Waals surface area contributed by atoms with E-state index in [0.717, 1.165) is 36.2 Å². The van der Waals surface area contributed by atoms with Crippen molar-refractivity contribution < 1.29 is 4.79 Å². The molecule has 0 saturated carbocycles. The van der Waals surface area contributed by atoms with Crippen molar-refractivity contribution in [1.82, 2.24) is 14.5 Å². The maximum absolute atomic E-state index is 12.2. The number of amides is 1. The minimum atomic E-state index is -0.117. The van der Waals surface area contributed by atoms with Gasteiger partial charge in [-0.05, 0) is 24.6 Å². The molecule has 1 amide bonds. The fourth-order valence-electron chi connectivity index (χ4n) is 2.81. The molecule has 1 atom stereocenters. The molecule has 3 rings (SSSR count). The number of rotatable bonds is 2. The van der Waals surface area contributed by atoms with Gasteiger partial charge in [0.15, 0.2) is 0 Å². The zero-order valence-electron chi connectivity index (χ0n) is 11.3. The van der Waals surface area contributed by atoms with Crippen LogP contribution in [0.4, 0.5) is 5.69 Å². The lowest BCUT2D eigenvalue weighted by molar-refractivity contribution is -0.129. The minimum Gasteiger partial charge on any atom is -0.399 e. The summed E-state index contributed by atoms with van der Waals surface area (Å²) in [6.45, 7) is 2.87.